The highest BCUT2D eigenvalue weighted by Gasteiger charge is 2.22. The Kier molecular flexibility index (Phi) is 7.82. The number of aromatic nitrogens is 1. The quantitative estimate of drug-likeness (QED) is 0.323. The van der Waals surface area contributed by atoms with Gasteiger partial charge in [-0.15, -0.1) is 0 Å². The van der Waals surface area contributed by atoms with Crippen molar-refractivity contribution in [2.75, 3.05) is 26.2 Å². The highest BCUT2D eigenvalue weighted by molar-refractivity contribution is 7.90. The third-order valence-corrected chi connectivity index (χ3v) is 9.42. The number of hydrogen-bond donors (Lipinski definition) is 0. The van der Waals surface area contributed by atoms with Gasteiger partial charge >= 0.3 is 0 Å². The van der Waals surface area contributed by atoms with Crippen molar-refractivity contribution in [2.45, 2.75) is 44.4 Å². The molecule has 0 N–H and O–H groups in total. The number of rotatable bonds is 6. The van der Waals surface area contributed by atoms with Crippen LogP contribution in [0.5, 0.6) is 0 Å². The Morgan fingerprint density at radius 2 is 1.59 bits per heavy atom. The lowest BCUT2D eigenvalue weighted by Crippen LogP contribution is -2.35. The summed E-state index contributed by atoms with van der Waals surface area (Å²) in [6.07, 6.45) is 2.53. The second-order valence-electron chi connectivity index (χ2n) is 10.6. The number of pyridine rings is 1. The van der Waals surface area contributed by atoms with Crippen LogP contribution >= 0.6 is 0 Å². The van der Waals surface area contributed by atoms with Crippen LogP contribution in [0.25, 0.3) is 10.9 Å². The highest BCUT2D eigenvalue weighted by atomic mass is 32.2. The molecule has 1 aliphatic rings. The summed E-state index contributed by atoms with van der Waals surface area (Å²) in [5.74, 6) is -0.153. The first-order valence-electron chi connectivity index (χ1n) is 13.4. The van der Waals surface area contributed by atoms with Gasteiger partial charge in [-0.1, -0.05) is 42.5 Å². The molecule has 5 rings (SSSR count). The summed E-state index contributed by atoms with van der Waals surface area (Å²) in [6, 6.07) is 20.4. The van der Waals surface area contributed by atoms with E-state index in [2.05, 4.69) is 42.8 Å². The summed E-state index contributed by atoms with van der Waals surface area (Å²) in [5.41, 5.74) is 7.00. The molecule has 4 aromatic rings. The Balaban J connectivity index is 1.23. The normalized spacial score (nSPS) is 14.9. The first kappa shape index (κ1) is 27.0. The summed E-state index contributed by atoms with van der Waals surface area (Å²) < 4.78 is 26.4. The molecule has 1 fully saturated rings. The summed E-state index contributed by atoms with van der Waals surface area (Å²) in [4.78, 5) is 22.2. The van der Waals surface area contributed by atoms with E-state index >= 15 is 0 Å². The topological polar surface area (TPSA) is 70.6 Å². The maximum Gasteiger partial charge on any atom is 0.253 e. The van der Waals surface area contributed by atoms with Crippen LogP contribution in [0.2, 0.25) is 0 Å². The van der Waals surface area contributed by atoms with E-state index in [1.165, 1.54) is 22.3 Å². The second kappa shape index (κ2) is 11.3. The average Bonchev–Trinajstić information content (AvgIpc) is 3.17. The van der Waals surface area contributed by atoms with Crippen LogP contribution in [-0.4, -0.2) is 55.3 Å². The lowest BCUT2D eigenvalue weighted by Gasteiger charge is -2.23. The molecule has 0 saturated carbocycles. The maximum atomic E-state index is 13.3. The van der Waals surface area contributed by atoms with Crippen LogP contribution in [0.3, 0.4) is 0 Å². The van der Waals surface area contributed by atoms with Gasteiger partial charge in [0, 0.05) is 49.9 Å². The zero-order chi connectivity index (χ0) is 27.6. The number of carbonyl (C=O) groups excluding carboxylic acids is 1. The van der Waals surface area contributed by atoms with Gasteiger partial charge < -0.3 is 4.90 Å². The van der Waals surface area contributed by atoms with Crippen LogP contribution in [-0.2, 0) is 22.1 Å². The van der Waals surface area contributed by atoms with Crippen molar-refractivity contribution >= 4 is 26.6 Å². The number of amides is 1. The summed E-state index contributed by atoms with van der Waals surface area (Å²) in [5, 5.41) is 0.791. The molecule has 2 heterocycles. The van der Waals surface area contributed by atoms with Crippen molar-refractivity contribution in [3.8, 4) is 0 Å². The van der Waals surface area contributed by atoms with Crippen molar-refractivity contribution in [3.63, 3.8) is 0 Å². The lowest BCUT2D eigenvalue weighted by atomic mass is 10.0. The second-order valence-corrected chi connectivity index (χ2v) is 12.5. The molecule has 0 unspecified atom stereocenters. The van der Waals surface area contributed by atoms with Crippen molar-refractivity contribution in [2.24, 2.45) is 0 Å². The molecule has 3 aromatic carbocycles. The Bertz CT molecular complexity index is 1610. The molecule has 0 atom stereocenters. The Morgan fingerprint density at radius 3 is 2.38 bits per heavy atom. The van der Waals surface area contributed by atoms with Gasteiger partial charge in [-0.05, 0) is 79.3 Å². The zero-order valence-corrected chi connectivity index (χ0v) is 23.7. The van der Waals surface area contributed by atoms with Crippen LogP contribution in [0.15, 0.2) is 77.8 Å². The summed E-state index contributed by atoms with van der Waals surface area (Å²) in [6.45, 7) is 10.5. The fraction of sp³-hybridized carbons (Fsp3) is 0.312. The fourth-order valence-corrected chi connectivity index (χ4v) is 6.85. The molecule has 0 bridgehead atoms. The van der Waals surface area contributed by atoms with Gasteiger partial charge in [0.15, 0.2) is 9.84 Å². The molecular formula is C32H35N3O3S. The van der Waals surface area contributed by atoms with E-state index in [1.807, 2.05) is 17.0 Å². The SMILES string of the molecule is Cc1cc(C)c(CN2CCCN(C(=O)c3ccc(CS(=O)(=O)c4cccc5cccnc45)cc3)CC2)cc1C. The van der Waals surface area contributed by atoms with Crippen LogP contribution < -0.4 is 0 Å². The van der Waals surface area contributed by atoms with Crippen molar-refractivity contribution in [3.05, 3.63) is 106 Å². The molecule has 0 spiro atoms. The molecule has 1 saturated heterocycles. The molecule has 202 valence electrons. The highest BCUT2D eigenvalue weighted by Crippen LogP contribution is 2.25. The van der Waals surface area contributed by atoms with Gasteiger partial charge in [-0.25, -0.2) is 8.42 Å². The monoisotopic (exact) mass is 541 g/mol. The molecule has 7 heteroatoms. The van der Waals surface area contributed by atoms with Crippen molar-refractivity contribution < 1.29 is 13.2 Å². The summed E-state index contributed by atoms with van der Waals surface area (Å²) >= 11 is 0. The van der Waals surface area contributed by atoms with Gasteiger partial charge in [-0.3, -0.25) is 14.7 Å². The number of nitrogens with zero attached hydrogens (tertiary/aromatic N) is 3. The van der Waals surface area contributed by atoms with E-state index in [4.69, 9.17) is 0 Å². The molecular weight excluding hydrogens is 506 g/mol. The number of fused-ring (bicyclic) bond motifs is 1. The van der Waals surface area contributed by atoms with Crippen molar-refractivity contribution in [1.82, 2.24) is 14.8 Å². The Labute approximate surface area is 231 Å². The smallest absolute Gasteiger partial charge is 0.253 e. The number of benzene rings is 3. The molecule has 0 aliphatic carbocycles. The Morgan fingerprint density at radius 1 is 0.846 bits per heavy atom. The van der Waals surface area contributed by atoms with Crippen molar-refractivity contribution in [1.29, 1.82) is 0 Å². The third-order valence-electron chi connectivity index (χ3n) is 7.71. The van der Waals surface area contributed by atoms with Gasteiger partial charge in [0.05, 0.1) is 16.2 Å². The summed E-state index contributed by atoms with van der Waals surface area (Å²) in [7, 11) is -3.60. The third kappa shape index (κ3) is 6.05. The van der Waals surface area contributed by atoms with Crippen LogP contribution in [0.4, 0.5) is 0 Å². The average molecular weight is 542 g/mol. The van der Waals surface area contributed by atoms with E-state index in [-0.39, 0.29) is 16.6 Å². The van der Waals surface area contributed by atoms with Gasteiger partial charge in [0.1, 0.15) is 0 Å². The fourth-order valence-electron chi connectivity index (χ4n) is 5.31. The van der Waals surface area contributed by atoms with Gasteiger partial charge in [0.2, 0.25) is 0 Å². The van der Waals surface area contributed by atoms with E-state index in [0.717, 1.165) is 31.4 Å². The maximum absolute atomic E-state index is 13.3. The minimum absolute atomic E-state index is 0.00753. The Hall–Kier alpha value is -3.55. The molecule has 39 heavy (non-hydrogen) atoms. The van der Waals surface area contributed by atoms with E-state index in [1.54, 1.807) is 48.7 Å². The van der Waals surface area contributed by atoms with E-state index in [9.17, 15) is 13.2 Å². The molecule has 1 aromatic heterocycles. The van der Waals surface area contributed by atoms with E-state index < -0.39 is 9.84 Å². The molecule has 0 radical (unpaired) electrons. The number of aryl methyl sites for hydroxylation is 3. The van der Waals surface area contributed by atoms with Gasteiger partial charge in [0.25, 0.3) is 5.91 Å². The number of carbonyl (C=O) groups is 1. The predicted molar refractivity (Wildman–Crippen MR) is 156 cm³/mol. The first-order valence-corrected chi connectivity index (χ1v) is 15.1. The first-order chi connectivity index (χ1) is 18.7. The van der Waals surface area contributed by atoms with Crippen LogP contribution in [0, 0.1) is 20.8 Å². The minimum atomic E-state index is -3.60. The molecule has 6 nitrogen and oxygen atoms in total. The van der Waals surface area contributed by atoms with Crippen LogP contribution in [0.1, 0.15) is 44.6 Å². The molecule has 1 aliphatic heterocycles. The predicted octanol–water partition coefficient (Wildman–Crippen LogP) is 5.48. The number of hydrogen-bond acceptors (Lipinski definition) is 5. The number of para-hydroxylation sites is 1. The zero-order valence-electron chi connectivity index (χ0n) is 22.9. The number of sulfone groups is 1. The largest absolute Gasteiger partial charge is 0.337 e. The standard InChI is InChI=1S/C32H35N3O3S/c1-23-19-25(3)29(20-24(23)2)21-34-15-6-16-35(18-17-34)32(36)28-12-10-26(11-13-28)22-39(37,38)30-9-4-7-27-8-5-14-33-31(27)30/h4-5,7-14,19-20H,6,15-18,21-22H2,1-3H3. The minimum Gasteiger partial charge on any atom is -0.337 e. The van der Waals surface area contributed by atoms with E-state index in [0.29, 0.717) is 29.7 Å². The molecule has 1 amide bonds. The van der Waals surface area contributed by atoms with Gasteiger partial charge in [-0.2, -0.15) is 0 Å². The lowest BCUT2D eigenvalue weighted by molar-refractivity contribution is 0.0761.